The van der Waals surface area contributed by atoms with Crippen molar-refractivity contribution >= 4 is 11.8 Å². The minimum Gasteiger partial charge on any atom is -0.296 e. The maximum atomic E-state index is 11.1. The van der Waals surface area contributed by atoms with Crippen LogP contribution in [0, 0.1) is 11.8 Å². The van der Waals surface area contributed by atoms with Gasteiger partial charge >= 0.3 is 0 Å². The van der Waals surface area contributed by atoms with E-state index in [4.69, 9.17) is 0 Å². The number of nitrogens with one attached hydrogen (secondary N) is 1. The quantitative estimate of drug-likeness (QED) is 0.576. The van der Waals surface area contributed by atoms with E-state index < -0.39 is 0 Å². The molecule has 64 valence electrons. The van der Waals surface area contributed by atoms with Crippen LogP contribution in [0.15, 0.2) is 0 Å². The van der Waals surface area contributed by atoms with Crippen LogP contribution in [0.4, 0.5) is 0 Å². The molecule has 1 aliphatic heterocycles. The van der Waals surface area contributed by atoms with Gasteiger partial charge in [-0.15, -0.1) is 0 Å². The Morgan fingerprint density at radius 1 is 1.55 bits per heavy atom. The fourth-order valence-corrected chi connectivity index (χ4v) is 1.35. The van der Waals surface area contributed by atoms with Gasteiger partial charge in [0.15, 0.2) is 0 Å². The molecule has 1 rings (SSSR count). The normalized spacial score (nSPS) is 25.5. The lowest BCUT2D eigenvalue weighted by molar-refractivity contribution is -0.137. The first-order valence-electron chi connectivity index (χ1n) is 3.95. The van der Waals surface area contributed by atoms with Crippen LogP contribution >= 0.6 is 0 Å². The third kappa shape index (κ3) is 1.79. The van der Waals surface area contributed by atoms with Crippen molar-refractivity contribution in [2.75, 3.05) is 0 Å². The van der Waals surface area contributed by atoms with E-state index in [1.807, 2.05) is 13.8 Å². The summed E-state index contributed by atoms with van der Waals surface area (Å²) in [5.41, 5.74) is 0. The molecule has 0 radical (unpaired) electrons. The minimum atomic E-state index is -0.132. The summed E-state index contributed by atoms with van der Waals surface area (Å²) >= 11 is 0. The molecule has 0 aromatic rings. The van der Waals surface area contributed by atoms with Crippen LogP contribution in [-0.4, -0.2) is 11.8 Å². The Labute approximate surface area is 67.6 Å². The number of hydrogen-bond donors (Lipinski definition) is 1. The van der Waals surface area contributed by atoms with Gasteiger partial charge in [0, 0.05) is 13.8 Å². The van der Waals surface area contributed by atoms with E-state index in [0.29, 0.717) is 18.8 Å². The molecule has 1 saturated heterocycles. The van der Waals surface area contributed by atoms with Crippen LogP contribution in [0.5, 0.6) is 0 Å². The molecule has 1 unspecified atom stereocenters. The molecule has 2 amide bonds. The summed E-state index contributed by atoms with van der Waals surface area (Å²) in [6, 6.07) is 0. The van der Waals surface area contributed by atoms with Crippen LogP contribution in [0.1, 0.15) is 28.1 Å². The highest BCUT2D eigenvalue weighted by Gasteiger charge is 2.28. The number of hydrogen-bond acceptors (Lipinski definition) is 2. The van der Waals surface area contributed by atoms with E-state index in [2.05, 4.69) is 5.32 Å². The van der Waals surface area contributed by atoms with E-state index in [0.717, 1.165) is 0 Å². The molecule has 3 heteroatoms. The van der Waals surface area contributed by atoms with Crippen molar-refractivity contribution in [1.29, 1.82) is 0 Å². The lowest BCUT2D eigenvalue weighted by Gasteiger charge is -2.23. The number of rotatable bonds is 1. The van der Waals surface area contributed by atoms with Crippen molar-refractivity contribution in [1.82, 2.24) is 5.32 Å². The van der Waals surface area contributed by atoms with E-state index in [1.54, 1.807) is 0 Å². The average molecular weight is 157 g/mol. The monoisotopic (exact) mass is 157 g/mol. The first kappa shape index (κ1) is 8.24. The Bertz CT molecular complexity index is 191. The molecule has 0 aliphatic carbocycles. The summed E-state index contributed by atoms with van der Waals surface area (Å²) in [6.07, 6.45) is 1.21. The molecule has 1 atom stereocenters. The Kier molecular flexibility index (Phi) is 2.27. The number of carbonyl (C=O) groups excluding carboxylic acids is 2. The highest BCUT2D eigenvalue weighted by atomic mass is 16.2. The molecule has 11 heavy (non-hydrogen) atoms. The van der Waals surface area contributed by atoms with Crippen LogP contribution in [0.3, 0.4) is 0 Å². The number of imide groups is 1. The molecule has 1 heterocycles. The van der Waals surface area contributed by atoms with Gasteiger partial charge in [-0.05, 0) is 12.3 Å². The Hall–Kier alpha value is -0.860. The summed E-state index contributed by atoms with van der Waals surface area (Å²) < 4.78 is 0. The van der Waals surface area contributed by atoms with Crippen molar-refractivity contribution in [3.8, 4) is 0 Å². The van der Waals surface area contributed by atoms with Crippen molar-refractivity contribution in [2.45, 2.75) is 26.7 Å². The number of piperidine rings is 1. The molecule has 0 spiro atoms. The molecular formula is C8H15NO2. The van der Waals surface area contributed by atoms with Gasteiger partial charge in [0.05, 0.1) is 0 Å². The highest BCUT2D eigenvalue weighted by Crippen LogP contribution is 2.20. The zero-order valence-corrected chi connectivity index (χ0v) is 6.89. The van der Waals surface area contributed by atoms with Crippen LogP contribution in [-0.2, 0) is 9.59 Å². The molecule has 1 aliphatic rings. The maximum absolute atomic E-state index is 11.1. The zero-order chi connectivity index (χ0) is 8.43. The lowest BCUT2D eigenvalue weighted by atomic mass is 9.88. The highest BCUT2D eigenvalue weighted by molar-refractivity contribution is 5.98. The SMILES string of the molecule is CC(C)C1CCC(=O)NC1=O.[HH]. The van der Waals surface area contributed by atoms with Gasteiger partial charge in [-0.25, -0.2) is 0 Å². The second kappa shape index (κ2) is 3.03. The molecule has 3 nitrogen and oxygen atoms in total. The maximum Gasteiger partial charge on any atom is 0.229 e. The number of carbonyl (C=O) groups is 2. The van der Waals surface area contributed by atoms with Crippen molar-refractivity contribution in [2.24, 2.45) is 11.8 Å². The first-order chi connectivity index (χ1) is 5.11. The predicted octanol–water partition coefficient (Wildman–Crippen LogP) is 0.941. The topological polar surface area (TPSA) is 46.2 Å². The summed E-state index contributed by atoms with van der Waals surface area (Å²) in [5, 5.41) is 2.33. The van der Waals surface area contributed by atoms with Crippen molar-refractivity contribution < 1.29 is 11.0 Å². The van der Waals surface area contributed by atoms with Crippen molar-refractivity contribution in [3.05, 3.63) is 0 Å². The van der Waals surface area contributed by atoms with Crippen LogP contribution < -0.4 is 5.32 Å². The van der Waals surface area contributed by atoms with Gasteiger partial charge in [-0.1, -0.05) is 13.8 Å². The molecule has 0 aromatic carbocycles. The second-order valence-corrected chi connectivity index (χ2v) is 3.30. The zero-order valence-electron chi connectivity index (χ0n) is 6.89. The van der Waals surface area contributed by atoms with Crippen molar-refractivity contribution in [3.63, 3.8) is 0 Å². The summed E-state index contributed by atoms with van der Waals surface area (Å²) in [6.45, 7) is 4.00. The van der Waals surface area contributed by atoms with E-state index in [9.17, 15) is 9.59 Å². The molecule has 0 aromatic heterocycles. The van der Waals surface area contributed by atoms with Crippen LogP contribution in [0.25, 0.3) is 0 Å². The smallest absolute Gasteiger partial charge is 0.229 e. The fourth-order valence-electron chi connectivity index (χ4n) is 1.35. The van der Waals surface area contributed by atoms with Gasteiger partial charge < -0.3 is 0 Å². The molecular weight excluding hydrogens is 142 g/mol. The summed E-state index contributed by atoms with van der Waals surface area (Å²) in [7, 11) is 0. The third-order valence-electron chi connectivity index (χ3n) is 2.09. The molecule has 0 bridgehead atoms. The minimum absolute atomic E-state index is 0. The van der Waals surface area contributed by atoms with Gasteiger partial charge in [0.25, 0.3) is 0 Å². The summed E-state index contributed by atoms with van der Waals surface area (Å²) in [4.78, 5) is 21.8. The Morgan fingerprint density at radius 2 is 2.18 bits per heavy atom. The fraction of sp³-hybridized carbons (Fsp3) is 0.750. The van der Waals surface area contributed by atoms with Gasteiger partial charge in [0.1, 0.15) is 0 Å². The second-order valence-electron chi connectivity index (χ2n) is 3.30. The van der Waals surface area contributed by atoms with E-state index in [-0.39, 0.29) is 19.2 Å². The predicted molar refractivity (Wildman–Crippen MR) is 42.8 cm³/mol. The molecule has 1 fully saturated rings. The average Bonchev–Trinajstić information content (AvgIpc) is 1.85. The largest absolute Gasteiger partial charge is 0.296 e. The van der Waals surface area contributed by atoms with Gasteiger partial charge in [-0.2, -0.15) is 0 Å². The molecule has 1 N–H and O–H groups in total. The molecule has 0 saturated carbocycles. The van der Waals surface area contributed by atoms with Gasteiger partial charge in [0.2, 0.25) is 11.8 Å². The van der Waals surface area contributed by atoms with Gasteiger partial charge in [-0.3, -0.25) is 14.9 Å². The Balaban J connectivity index is 0.00000121. The Morgan fingerprint density at radius 3 is 2.64 bits per heavy atom. The standard InChI is InChI=1S/C8H13NO2.H2/c1-5(2)6-3-4-7(10)9-8(6)11;/h5-6H,3-4H2,1-2H3,(H,9,10,11);1H. The van der Waals surface area contributed by atoms with E-state index >= 15 is 0 Å². The number of amides is 2. The summed E-state index contributed by atoms with van der Waals surface area (Å²) in [5.74, 6) is 0.138. The lowest BCUT2D eigenvalue weighted by Crippen LogP contribution is -2.42. The first-order valence-corrected chi connectivity index (χ1v) is 3.95. The van der Waals surface area contributed by atoms with Crippen LogP contribution in [0.2, 0.25) is 0 Å². The third-order valence-corrected chi connectivity index (χ3v) is 2.09. The van der Waals surface area contributed by atoms with E-state index in [1.165, 1.54) is 0 Å².